The van der Waals surface area contributed by atoms with Gasteiger partial charge in [0.1, 0.15) is 0 Å². The average molecular weight is 445 g/mol. The third-order valence-electron chi connectivity index (χ3n) is 6.10. The van der Waals surface area contributed by atoms with Crippen LogP contribution in [0.2, 0.25) is 0 Å². The second-order valence-electron chi connectivity index (χ2n) is 8.33. The Balaban J connectivity index is 1.69. The summed E-state index contributed by atoms with van der Waals surface area (Å²) in [5.41, 5.74) is 2.38. The lowest BCUT2D eigenvalue weighted by molar-refractivity contribution is -0.138. The SMILES string of the molecule is Cc1c([C@@H](C)Nc2nnc(C)c3ncc(N4CCC(O)CC4)cc23)cccc1C(F)(F)F. The van der Waals surface area contributed by atoms with E-state index in [0.717, 1.165) is 30.2 Å². The molecule has 2 aromatic heterocycles. The molecule has 1 aliphatic rings. The number of hydrogen-bond acceptors (Lipinski definition) is 6. The fourth-order valence-electron chi connectivity index (χ4n) is 4.26. The van der Waals surface area contributed by atoms with Gasteiger partial charge in [0.05, 0.1) is 40.8 Å². The Morgan fingerprint density at radius 1 is 1.16 bits per heavy atom. The maximum atomic E-state index is 13.3. The molecule has 170 valence electrons. The van der Waals surface area contributed by atoms with E-state index in [0.29, 0.717) is 35.4 Å². The van der Waals surface area contributed by atoms with Gasteiger partial charge in [-0.3, -0.25) is 4.98 Å². The highest BCUT2D eigenvalue weighted by Gasteiger charge is 2.33. The molecule has 3 heterocycles. The van der Waals surface area contributed by atoms with Crippen molar-refractivity contribution < 1.29 is 18.3 Å². The van der Waals surface area contributed by atoms with Crippen LogP contribution in [0, 0.1) is 13.8 Å². The number of aryl methyl sites for hydroxylation is 1. The van der Waals surface area contributed by atoms with E-state index in [1.165, 1.54) is 13.0 Å². The van der Waals surface area contributed by atoms with Crippen molar-refractivity contribution in [1.82, 2.24) is 15.2 Å². The second kappa shape index (κ2) is 8.54. The summed E-state index contributed by atoms with van der Waals surface area (Å²) in [4.78, 5) is 6.75. The van der Waals surface area contributed by atoms with E-state index in [9.17, 15) is 18.3 Å². The molecule has 1 saturated heterocycles. The van der Waals surface area contributed by atoms with E-state index in [2.05, 4.69) is 25.4 Å². The number of fused-ring (bicyclic) bond motifs is 1. The third kappa shape index (κ3) is 4.34. The normalized spacial score (nSPS) is 16.4. The van der Waals surface area contributed by atoms with Crippen molar-refractivity contribution >= 4 is 22.4 Å². The first kappa shape index (κ1) is 22.3. The van der Waals surface area contributed by atoms with Gasteiger partial charge in [-0.25, -0.2) is 0 Å². The molecule has 0 unspecified atom stereocenters. The summed E-state index contributed by atoms with van der Waals surface area (Å²) in [7, 11) is 0. The largest absolute Gasteiger partial charge is 0.416 e. The summed E-state index contributed by atoms with van der Waals surface area (Å²) in [6.07, 6.45) is -1.50. The van der Waals surface area contributed by atoms with Gasteiger partial charge < -0.3 is 15.3 Å². The predicted octanol–water partition coefficient (Wildman–Crippen LogP) is 4.79. The van der Waals surface area contributed by atoms with Gasteiger partial charge >= 0.3 is 6.18 Å². The maximum absolute atomic E-state index is 13.3. The minimum absolute atomic E-state index is 0.190. The van der Waals surface area contributed by atoms with Gasteiger partial charge in [0.15, 0.2) is 5.82 Å². The van der Waals surface area contributed by atoms with Crippen LogP contribution < -0.4 is 10.2 Å². The first-order valence-electron chi connectivity index (χ1n) is 10.6. The summed E-state index contributed by atoms with van der Waals surface area (Å²) < 4.78 is 40.0. The molecule has 6 nitrogen and oxygen atoms in total. The molecular formula is C23H26F3N5O. The summed E-state index contributed by atoms with van der Waals surface area (Å²) in [6, 6.07) is 5.77. The number of piperidine rings is 1. The molecule has 32 heavy (non-hydrogen) atoms. The Labute approximate surface area is 184 Å². The summed E-state index contributed by atoms with van der Waals surface area (Å²) in [5.74, 6) is 0.473. The molecule has 1 aromatic carbocycles. The number of hydrogen-bond donors (Lipinski definition) is 2. The Morgan fingerprint density at radius 2 is 1.88 bits per heavy atom. The zero-order chi connectivity index (χ0) is 23.0. The van der Waals surface area contributed by atoms with Crippen LogP contribution >= 0.6 is 0 Å². The first-order valence-corrected chi connectivity index (χ1v) is 10.6. The molecule has 2 N–H and O–H groups in total. The number of aliphatic hydroxyl groups is 1. The molecule has 4 rings (SSSR count). The lowest BCUT2D eigenvalue weighted by Crippen LogP contribution is -2.35. The third-order valence-corrected chi connectivity index (χ3v) is 6.10. The Hall–Kier alpha value is -2.94. The number of rotatable bonds is 4. The fraction of sp³-hybridized carbons (Fsp3) is 0.435. The molecule has 0 bridgehead atoms. The summed E-state index contributed by atoms with van der Waals surface area (Å²) in [6.45, 7) is 6.57. The Morgan fingerprint density at radius 3 is 2.56 bits per heavy atom. The molecular weight excluding hydrogens is 419 g/mol. The highest BCUT2D eigenvalue weighted by Crippen LogP contribution is 2.36. The van der Waals surface area contributed by atoms with E-state index in [1.807, 2.05) is 13.0 Å². The van der Waals surface area contributed by atoms with Crippen LogP contribution in [0.4, 0.5) is 24.7 Å². The van der Waals surface area contributed by atoms with Crippen molar-refractivity contribution in [2.45, 2.75) is 51.9 Å². The van der Waals surface area contributed by atoms with Crippen molar-refractivity contribution in [3.05, 3.63) is 52.8 Å². The molecule has 1 aliphatic heterocycles. The zero-order valence-corrected chi connectivity index (χ0v) is 18.2. The minimum atomic E-state index is -4.41. The van der Waals surface area contributed by atoms with Crippen LogP contribution in [0.1, 0.15) is 48.2 Å². The van der Waals surface area contributed by atoms with E-state index in [-0.39, 0.29) is 11.7 Å². The average Bonchev–Trinajstić information content (AvgIpc) is 2.75. The number of pyridine rings is 1. The first-order chi connectivity index (χ1) is 15.1. The molecule has 0 aliphatic carbocycles. The molecule has 0 saturated carbocycles. The lowest BCUT2D eigenvalue weighted by atomic mass is 9.97. The number of halogens is 3. The van der Waals surface area contributed by atoms with Crippen molar-refractivity contribution in [3.63, 3.8) is 0 Å². The number of anilines is 2. The van der Waals surface area contributed by atoms with Crippen LogP contribution in [0.3, 0.4) is 0 Å². The fourth-order valence-corrected chi connectivity index (χ4v) is 4.26. The van der Waals surface area contributed by atoms with Crippen molar-refractivity contribution in [2.24, 2.45) is 0 Å². The molecule has 0 spiro atoms. The Kier molecular flexibility index (Phi) is 5.94. The van der Waals surface area contributed by atoms with E-state index in [4.69, 9.17) is 0 Å². The van der Waals surface area contributed by atoms with Gasteiger partial charge in [-0.05, 0) is 56.9 Å². The highest BCUT2D eigenvalue weighted by atomic mass is 19.4. The van der Waals surface area contributed by atoms with Gasteiger partial charge in [-0.15, -0.1) is 5.10 Å². The van der Waals surface area contributed by atoms with Crippen molar-refractivity contribution in [3.8, 4) is 0 Å². The monoisotopic (exact) mass is 445 g/mol. The molecule has 0 radical (unpaired) electrons. The molecule has 1 atom stereocenters. The maximum Gasteiger partial charge on any atom is 0.416 e. The number of alkyl halides is 3. The van der Waals surface area contributed by atoms with E-state index >= 15 is 0 Å². The van der Waals surface area contributed by atoms with Gasteiger partial charge in [0.2, 0.25) is 0 Å². The predicted molar refractivity (Wildman–Crippen MR) is 118 cm³/mol. The van der Waals surface area contributed by atoms with Crippen LogP contribution in [0.25, 0.3) is 10.9 Å². The minimum Gasteiger partial charge on any atom is -0.393 e. The van der Waals surface area contributed by atoms with Gasteiger partial charge in [-0.1, -0.05) is 12.1 Å². The van der Waals surface area contributed by atoms with Crippen LogP contribution in [0.15, 0.2) is 30.5 Å². The van der Waals surface area contributed by atoms with Crippen LogP contribution in [-0.4, -0.2) is 39.5 Å². The van der Waals surface area contributed by atoms with E-state index in [1.54, 1.807) is 19.2 Å². The zero-order valence-electron chi connectivity index (χ0n) is 18.2. The lowest BCUT2D eigenvalue weighted by Gasteiger charge is -2.31. The van der Waals surface area contributed by atoms with E-state index < -0.39 is 17.8 Å². The quantitative estimate of drug-likeness (QED) is 0.601. The van der Waals surface area contributed by atoms with Crippen LogP contribution in [-0.2, 0) is 6.18 Å². The molecule has 9 heteroatoms. The molecule has 0 amide bonds. The van der Waals surface area contributed by atoms with Gasteiger partial charge in [-0.2, -0.15) is 18.3 Å². The van der Waals surface area contributed by atoms with Crippen LogP contribution in [0.5, 0.6) is 0 Å². The summed E-state index contributed by atoms with van der Waals surface area (Å²) in [5, 5.41) is 22.3. The number of nitrogens with one attached hydrogen (secondary N) is 1. The van der Waals surface area contributed by atoms with Crippen molar-refractivity contribution in [1.29, 1.82) is 0 Å². The highest BCUT2D eigenvalue weighted by molar-refractivity contribution is 5.92. The summed E-state index contributed by atoms with van der Waals surface area (Å²) >= 11 is 0. The second-order valence-corrected chi connectivity index (χ2v) is 8.33. The Bertz CT molecular complexity index is 1130. The standard InChI is InChI=1S/C23H26F3N5O/c1-13-18(5-4-6-20(13)23(24,25)26)14(2)28-22-19-11-16(31-9-7-17(32)8-10-31)12-27-21(19)15(3)29-30-22/h4-6,11-12,14,17,32H,7-10H2,1-3H3,(H,28,30)/t14-/m1/s1. The van der Waals surface area contributed by atoms with Crippen molar-refractivity contribution in [2.75, 3.05) is 23.3 Å². The number of benzene rings is 1. The smallest absolute Gasteiger partial charge is 0.393 e. The molecule has 1 fully saturated rings. The topological polar surface area (TPSA) is 74.2 Å². The molecule has 3 aromatic rings. The van der Waals surface area contributed by atoms with Gasteiger partial charge in [0.25, 0.3) is 0 Å². The van der Waals surface area contributed by atoms with Gasteiger partial charge in [0, 0.05) is 18.5 Å². The number of aliphatic hydroxyl groups excluding tert-OH is 1. The number of nitrogens with zero attached hydrogens (tertiary/aromatic N) is 4. The number of aromatic nitrogens is 3.